The van der Waals surface area contributed by atoms with Crippen molar-refractivity contribution in [2.24, 2.45) is 0 Å². The number of rotatable bonds is 7. The van der Waals surface area contributed by atoms with Crippen LogP contribution < -0.4 is 10.6 Å². The van der Waals surface area contributed by atoms with E-state index >= 15 is 0 Å². The number of carbonyl (C=O) groups is 2. The Labute approximate surface area is 112 Å². The fraction of sp³-hybridized carbons (Fsp3) is 0.538. The van der Waals surface area contributed by atoms with E-state index in [-0.39, 0.29) is 11.6 Å². The van der Waals surface area contributed by atoms with Crippen molar-refractivity contribution in [3.8, 4) is 0 Å². The van der Waals surface area contributed by atoms with Gasteiger partial charge in [0.2, 0.25) is 0 Å². The number of amides is 1. The average molecular weight is 267 g/mol. The Morgan fingerprint density at radius 2 is 1.95 bits per heavy atom. The van der Waals surface area contributed by atoms with Crippen LogP contribution >= 0.6 is 0 Å². The molecule has 6 heteroatoms. The molecule has 1 aromatic heterocycles. The molecule has 0 unspecified atom stereocenters. The first-order valence-electron chi connectivity index (χ1n) is 6.40. The maximum absolute atomic E-state index is 12.0. The molecule has 19 heavy (non-hydrogen) atoms. The Morgan fingerprint density at radius 1 is 1.26 bits per heavy atom. The number of hydrogen-bond donors (Lipinski definition) is 4. The summed E-state index contributed by atoms with van der Waals surface area (Å²) in [6.07, 6.45) is 0.841. The molecule has 106 valence electrons. The molecule has 0 atom stereocenters. The highest BCUT2D eigenvalue weighted by molar-refractivity contribution is 6.00. The van der Waals surface area contributed by atoms with Crippen LogP contribution in [0.25, 0.3) is 0 Å². The van der Waals surface area contributed by atoms with E-state index in [4.69, 9.17) is 5.11 Å². The number of carboxylic acids is 1. The first-order valence-corrected chi connectivity index (χ1v) is 6.40. The normalized spacial score (nSPS) is 10.5. The molecule has 0 saturated heterocycles. The smallest absolute Gasteiger partial charge is 0.352 e. The van der Waals surface area contributed by atoms with Crippen LogP contribution in [0.15, 0.2) is 0 Å². The van der Waals surface area contributed by atoms with E-state index in [1.807, 2.05) is 6.92 Å². The first kappa shape index (κ1) is 15.2. The molecule has 1 heterocycles. The summed E-state index contributed by atoms with van der Waals surface area (Å²) in [5, 5.41) is 15.0. The fourth-order valence-electron chi connectivity index (χ4n) is 1.98. The lowest BCUT2D eigenvalue weighted by Crippen LogP contribution is -2.28. The van der Waals surface area contributed by atoms with Gasteiger partial charge in [-0.3, -0.25) is 4.79 Å². The van der Waals surface area contributed by atoms with Gasteiger partial charge in [0.25, 0.3) is 5.91 Å². The van der Waals surface area contributed by atoms with Crippen molar-refractivity contribution in [3.05, 3.63) is 22.5 Å². The molecule has 0 aliphatic rings. The van der Waals surface area contributed by atoms with E-state index in [1.165, 1.54) is 0 Å². The molecule has 0 fully saturated rings. The molecule has 1 amide bonds. The Kier molecular flexibility index (Phi) is 5.57. The van der Waals surface area contributed by atoms with Gasteiger partial charge in [-0.25, -0.2) is 4.79 Å². The third-order valence-corrected chi connectivity index (χ3v) is 2.94. The third kappa shape index (κ3) is 3.82. The second kappa shape index (κ2) is 6.94. The van der Waals surface area contributed by atoms with Crippen LogP contribution in [-0.4, -0.2) is 41.6 Å². The highest BCUT2D eigenvalue weighted by atomic mass is 16.4. The number of carbonyl (C=O) groups excluding carboxylic acids is 1. The predicted molar refractivity (Wildman–Crippen MR) is 72.7 cm³/mol. The second-order valence-electron chi connectivity index (χ2n) is 4.39. The lowest BCUT2D eigenvalue weighted by atomic mass is 10.1. The number of H-pyrrole nitrogens is 1. The fourth-order valence-corrected chi connectivity index (χ4v) is 1.98. The minimum atomic E-state index is -1.05. The Balaban J connectivity index is 2.64. The summed E-state index contributed by atoms with van der Waals surface area (Å²) in [5.74, 6) is -1.28. The Morgan fingerprint density at radius 3 is 2.47 bits per heavy atom. The highest BCUT2D eigenvalue weighted by Crippen LogP contribution is 2.17. The van der Waals surface area contributed by atoms with Crippen molar-refractivity contribution < 1.29 is 14.7 Å². The number of carboxylic acid groups (broad SMARTS) is 1. The highest BCUT2D eigenvalue weighted by Gasteiger charge is 2.20. The SMILES string of the molecule is CCNCCCNC(=O)c1c(C)[nH]c(C(=O)O)c1C. The molecule has 0 radical (unpaired) electrons. The number of aromatic carboxylic acids is 1. The quantitative estimate of drug-likeness (QED) is 0.556. The first-order chi connectivity index (χ1) is 8.99. The summed E-state index contributed by atoms with van der Waals surface area (Å²) in [7, 11) is 0. The molecule has 6 nitrogen and oxygen atoms in total. The van der Waals surface area contributed by atoms with Gasteiger partial charge in [-0.2, -0.15) is 0 Å². The van der Waals surface area contributed by atoms with Crippen molar-refractivity contribution in [3.63, 3.8) is 0 Å². The van der Waals surface area contributed by atoms with Gasteiger partial charge < -0.3 is 20.7 Å². The van der Waals surface area contributed by atoms with Crippen molar-refractivity contribution in [1.29, 1.82) is 0 Å². The zero-order valence-electron chi connectivity index (χ0n) is 11.6. The van der Waals surface area contributed by atoms with Crippen molar-refractivity contribution in [1.82, 2.24) is 15.6 Å². The van der Waals surface area contributed by atoms with E-state index in [9.17, 15) is 9.59 Å². The number of nitrogens with one attached hydrogen (secondary N) is 3. The summed E-state index contributed by atoms with van der Waals surface area (Å²) >= 11 is 0. The van der Waals surface area contributed by atoms with E-state index in [0.29, 0.717) is 23.4 Å². The molecule has 4 N–H and O–H groups in total. The molecule has 1 aromatic rings. The Hall–Kier alpha value is -1.82. The van der Waals surface area contributed by atoms with E-state index in [1.54, 1.807) is 13.8 Å². The topological polar surface area (TPSA) is 94.2 Å². The molecule has 0 spiro atoms. The number of hydrogen-bond acceptors (Lipinski definition) is 3. The summed E-state index contributed by atoms with van der Waals surface area (Å²) < 4.78 is 0. The van der Waals surface area contributed by atoms with Crippen LogP contribution in [0.1, 0.15) is 45.4 Å². The van der Waals surface area contributed by atoms with Crippen LogP contribution in [0.4, 0.5) is 0 Å². The standard InChI is InChI=1S/C13H21N3O3/c1-4-14-6-5-7-15-12(17)10-8(2)11(13(18)19)16-9(10)3/h14,16H,4-7H2,1-3H3,(H,15,17)(H,18,19). The van der Waals surface area contributed by atoms with Crippen LogP contribution in [-0.2, 0) is 0 Å². The van der Waals surface area contributed by atoms with Gasteiger partial charge in [0.1, 0.15) is 5.69 Å². The van der Waals surface area contributed by atoms with Crippen LogP contribution in [0.2, 0.25) is 0 Å². The lowest BCUT2D eigenvalue weighted by molar-refractivity contribution is 0.0690. The van der Waals surface area contributed by atoms with Gasteiger partial charge in [0, 0.05) is 12.2 Å². The van der Waals surface area contributed by atoms with E-state index in [0.717, 1.165) is 19.5 Å². The average Bonchev–Trinajstić information content (AvgIpc) is 2.64. The molecule has 0 saturated carbocycles. The van der Waals surface area contributed by atoms with Crippen LogP contribution in [0.5, 0.6) is 0 Å². The summed E-state index contributed by atoms with van der Waals surface area (Å²) in [6, 6.07) is 0. The van der Waals surface area contributed by atoms with Crippen molar-refractivity contribution >= 4 is 11.9 Å². The largest absolute Gasteiger partial charge is 0.477 e. The number of aryl methyl sites for hydroxylation is 1. The van der Waals surface area contributed by atoms with Gasteiger partial charge in [-0.15, -0.1) is 0 Å². The lowest BCUT2D eigenvalue weighted by Gasteiger charge is -2.06. The minimum Gasteiger partial charge on any atom is -0.477 e. The molecular weight excluding hydrogens is 246 g/mol. The van der Waals surface area contributed by atoms with Crippen molar-refractivity contribution in [2.75, 3.05) is 19.6 Å². The molecule has 0 bridgehead atoms. The number of aromatic nitrogens is 1. The molecule has 0 aliphatic heterocycles. The summed E-state index contributed by atoms with van der Waals surface area (Å²) in [4.78, 5) is 25.7. The van der Waals surface area contributed by atoms with Gasteiger partial charge in [-0.1, -0.05) is 6.92 Å². The minimum absolute atomic E-state index is 0.0790. The molecule has 0 aliphatic carbocycles. The third-order valence-electron chi connectivity index (χ3n) is 2.94. The van der Waals surface area contributed by atoms with Crippen LogP contribution in [0.3, 0.4) is 0 Å². The van der Waals surface area contributed by atoms with Crippen LogP contribution in [0, 0.1) is 13.8 Å². The van der Waals surface area contributed by atoms with Gasteiger partial charge in [0.15, 0.2) is 0 Å². The zero-order valence-corrected chi connectivity index (χ0v) is 11.6. The monoisotopic (exact) mass is 267 g/mol. The summed E-state index contributed by atoms with van der Waals surface area (Å²) in [5.41, 5.74) is 1.57. The van der Waals surface area contributed by atoms with Gasteiger partial charge in [-0.05, 0) is 38.9 Å². The van der Waals surface area contributed by atoms with Gasteiger partial charge in [0.05, 0.1) is 5.56 Å². The maximum Gasteiger partial charge on any atom is 0.352 e. The van der Waals surface area contributed by atoms with Crippen molar-refractivity contribution in [2.45, 2.75) is 27.2 Å². The van der Waals surface area contributed by atoms with Gasteiger partial charge >= 0.3 is 5.97 Å². The Bertz CT molecular complexity index is 466. The molecule has 1 rings (SSSR count). The zero-order chi connectivity index (χ0) is 14.4. The van der Waals surface area contributed by atoms with E-state index in [2.05, 4.69) is 15.6 Å². The molecular formula is C13H21N3O3. The molecule has 0 aromatic carbocycles. The summed E-state index contributed by atoms with van der Waals surface area (Å²) in [6.45, 7) is 7.69. The predicted octanol–water partition coefficient (Wildman–Crippen LogP) is 1.06. The maximum atomic E-state index is 12.0. The van der Waals surface area contributed by atoms with E-state index < -0.39 is 5.97 Å². The second-order valence-corrected chi connectivity index (χ2v) is 4.39. The number of aromatic amines is 1.